The van der Waals surface area contributed by atoms with Crippen molar-refractivity contribution in [1.29, 1.82) is 0 Å². The van der Waals surface area contributed by atoms with Crippen LogP contribution in [0, 0.1) is 0 Å². The molecule has 0 bridgehead atoms. The van der Waals surface area contributed by atoms with Crippen LogP contribution in [0.4, 0.5) is 17.1 Å². The second-order valence-corrected chi connectivity index (χ2v) is 6.30. The van der Waals surface area contributed by atoms with Crippen molar-refractivity contribution >= 4 is 38.6 Å². The Hall–Kier alpha value is -2.53. The van der Waals surface area contributed by atoms with Gasteiger partial charge < -0.3 is 10.2 Å². The lowest BCUT2D eigenvalue weighted by atomic mass is 10.0. The fraction of sp³-hybridized carbons (Fsp3) is 0.278. The van der Waals surface area contributed by atoms with E-state index < -0.39 is 0 Å². The first-order chi connectivity index (χ1) is 11.1. The number of likely N-dealkylation sites (N-methyl/N-ethyl adjacent to an activating group) is 1. The zero-order valence-corrected chi connectivity index (χ0v) is 13.7. The van der Waals surface area contributed by atoms with E-state index in [2.05, 4.69) is 71.0 Å². The molecule has 1 aliphatic rings. The van der Waals surface area contributed by atoms with Gasteiger partial charge >= 0.3 is 0 Å². The Bertz CT molecular complexity index is 887. The van der Waals surface area contributed by atoms with Crippen molar-refractivity contribution in [1.82, 2.24) is 9.88 Å². The summed E-state index contributed by atoms with van der Waals surface area (Å²) in [6, 6.07) is 8.68. The largest absolute Gasteiger partial charge is 0.383 e. The summed E-state index contributed by atoms with van der Waals surface area (Å²) in [6.45, 7) is 1.93. The SMILES string of the molecule is CN(C)CCNc1ccc2c3c(c4cnccc4cc13)NN2C. The van der Waals surface area contributed by atoms with Crippen molar-refractivity contribution in [2.24, 2.45) is 0 Å². The molecule has 3 aromatic rings. The summed E-state index contributed by atoms with van der Waals surface area (Å²) in [6.07, 6.45) is 3.79. The summed E-state index contributed by atoms with van der Waals surface area (Å²) >= 11 is 0. The maximum absolute atomic E-state index is 4.29. The monoisotopic (exact) mass is 307 g/mol. The highest BCUT2D eigenvalue weighted by atomic mass is 15.5. The van der Waals surface area contributed by atoms with E-state index in [0.717, 1.165) is 24.2 Å². The highest BCUT2D eigenvalue weighted by Crippen LogP contribution is 2.45. The molecule has 4 rings (SSSR count). The number of rotatable bonds is 4. The first-order valence-corrected chi connectivity index (χ1v) is 7.87. The van der Waals surface area contributed by atoms with Gasteiger partial charge in [0, 0.05) is 54.4 Å². The maximum Gasteiger partial charge on any atom is 0.0736 e. The number of benzene rings is 2. The van der Waals surface area contributed by atoms with Gasteiger partial charge in [0.15, 0.2) is 0 Å². The zero-order chi connectivity index (χ0) is 16.0. The number of fused-ring (bicyclic) bond motifs is 2. The summed E-state index contributed by atoms with van der Waals surface area (Å²) < 4.78 is 0. The Morgan fingerprint density at radius 3 is 2.91 bits per heavy atom. The van der Waals surface area contributed by atoms with Gasteiger partial charge in [0.2, 0.25) is 0 Å². The number of hydrogen-bond donors (Lipinski definition) is 2. The van der Waals surface area contributed by atoms with Gasteiger partial charge in [-0.1, -0.05) is 0 Å². The topological polar surface area (TPSA) is 43.4 Å². The lowest BCUT2D eigenvalue weighted by Gasteiger charge is -2.15. The number of nitrogens with zero attached hydrogens (tertiary/aromatic N) is 3. The van der Waals surface area contributed by atoms with Crippen LogP contribution >= 0.6 is 0 Å². The first kappa shape index (κ1) is 14.1. The molecule has 0 amide bonds. The van der Waals surface area contributed by atoms with E-state index in [9.17, 15) is 0 Å². The van der Waals surface area contributed by atoms with Crippen LogP contribution in [0.1, 0.15) is 0 Å². The minimum atomic E-state index is 0.925. The average Bonchev–Trinajstić information content (AvgIpc) is 2.87. The van der Waals surface area contributed by atoms with Crippen LogP contribution in [0.25, 0.3) is 21.5 Å². The van der Waals surface area contributed by atoms with Gasteiger partial charge in [-0.15, -0.1) is 0 Å². The Morgan fingerprint density at radius 2 is 2.09 bits per heavy atom. The van der Waals surface area contributed by atoms with E-state index in [-0.39, 0.29) is 0 Å². The van der Waals surface area contributed by atoms with Gasteiger partial charge in [-0.05, 0) is 43.7 Å². The van der Waals surface area contributed by atoms with Crippen LogP contribution < -0.4 is 15.8 Å². The molecule has 0 saturated carbocycles. The van der Waals surface area contributed by atoms with Crippen molar-refractivity contribution < 1.29 is 0 Å². The van der Waals surface area contributed by atoms with Crippen molar-refractivity contribution in [2.45, 2.75) is 0 Å². The minimum Gasteiger partial charge on any atom is -0.383 e. The molecule has 0 fully saturated rings. The molecule has 0 radical (unpaired) electrons. The number of hydrogen-bond acceptors (Lipinski definition) is 5. The van der Waals surface area contributed by atoms with Gasteiger partial charge in [-0.3, -0.25) is 15.4 Å². The highest BCUT2D eigenvalue weighted by molar-refractivity contribution is 6.21. The Morgan fingerprint density at radius 1 is 1.22 bits per heavy atom. The fourth-order valence-electron chi connectivity index (χ4n) is 3.24. The molecule has 0 saturated heterocycles. The molecule has 1 aliphatic heterocycles. The lowest BCUT2D eigenvalue weighted by molar-refractivity contribution is 0.425. The van der Waals surface area contributed by atoms with E-state index in [0.29, 0.717) is 0 Å². The second-order valence-electron chi connectivity index (χ2n) is 6.30. The standard InChI is InChI=1S/C18H21N5/c1-22(2)9-8-20-15-4-5-16-17-13(15)10-12-6-7-19-11-14(12)18(17)21-23(16)3/h4-7,10-11,20-21H,8-9H2,1-3H3. The summed E-state index contributed by atoms with van der Waals surface area (Å²) in [5, 5.41) is 10.5. The molecule has 0 aliphatic carbocycles. The molecule has 5 heteroatoms. The summed E-state index contributed by atoms with van der Waals surface area (Å²) in [4.78, 5) is 6.47. The Kier molecular flexibility index (Phi) is 3.23. The van der Waals surface area contributed by atoms with Crippen molar-refractivity contribution in [3.05, 3.63) is 36.7 Å². The minimum absolute atomic E-state index is 0.925. The lowest BCUT2D eigenvalue weighted by Crippen LogP contribution is -2.21. The molecule has 118 valence electrons. The molecule has 0 unspecified atom stereocenters. The number of aromatic nitrogens is 1. The molecule has 2 aromatic carbocycles. The highest BCUT2D eigenvalue weighted by Gasteiger charge is 2.22. The van der Waals surface area contributed by atoms with E-state index in [4.69, 9.17) is 0 Å². The van der Waals surface area contributed by atoms with E-state index >= 15 is 0 Å². The third-order valence-electron chi connectivity index (χ3n) is 4.41. The van der Waals surface area contributed by atoms with Crippen LogP contribution in [0.2, 0.25) is 0 Å². The molecule has 1 aromatic heterocycles. The van der Waals surface area contributed by atoms with Crippen LogP contribution in [0.3, 0.4) is 0 Å². The Balaban J connectivity index is 1.90. The van der Waals surface area contributed by atoms with E-state index in [1.807, 2.05) is 12.4 Å². The van der Waals surface area contributed by atoms with Crippen molar-refractivity contribution in [3.8, 4) is 0 Å². The molecule has 5 nitrogen and oxygen atoms in total. The number of hydrazine groups is 1. The number of nitrogens with one attached hydrogen (secondary N) is 2. The van der Waals surface area contributed by atoms with Gasteiger partial charge in [-0.2, -0.15) is 0 Å². The van der Waals surface area contributed by atoms with Gasteiger partial charge in [0.05, 0.1) is 11.4 Å². The fourth-order valence-corrected chi connectivity index (χ4v) is 3.24. The molecule has 2 heterocycles. The molecular formula is C18H21N5. The third kappa shape index (κ3) is 2.24. The van der Waals surface area contributed by atoms with Crippen molar-refractivity contribution in [3.63, 3.8) is 0 Å². The molecule has 23 heavy (non-hydrogen) atoms. The number of pyridine rings is 1. The van der Waals surface area contributed by atoms with Gasteiger partial charge in [0.1, 0.15) is 0 Å². The summed E-state index contributed by atoms with van der Waals surface area (Å²) in [5.41, 5.74) is 7.02. The Labute approximate surface area is 135 Å². The zero-order valence-electron chi connectivity index (χ0n) is 13.7. The first-order valence-electron chi connectivity index (χ1n) is 7.87. The van der Waals surface area contributed by atoms with E-state index in [1.54, 1.807) is 0 Å². The van der Waals surface area contributed by atoms with Crippen LogP contribution in [-0.4, -0.2) is 44.1 Å². The predicted molar refractivity (Wildman–Crippen MR) is 98.3 cm³/mol. The molecule has 0 atom stereocenters. The number of anilines is 3. The molecule has 0 spiro atoms. The second kappa shape index (κ2) is 5.28. The third-order valence-corrected chi connectivity index (χ3v) is 4.41. The predicted octanol–water partition coefficient (Wildman–Crippen LogP) is 3.14. The quantitative estimate of drug-likeness (QED) is 0.725. The normalized spacial score (nSPS) is 13.1. The van der Waals surface area contributed by atoms with Crippen molar-refractivity contribution in [2.75, 3.05) is 50.0 Å². The van der Waals surface area contributed by atoms with Crippen LogP contribution in [0.5, 0.6) is 0 Å². The summed E-state index contributed by atoms with van der Waals surface area (Å²) in [7, 11) is 6.24. The summed E-state index contributed by atoms with van der Waals surface area (Å²) in [5.74, 6) is 0. The van der Waals surface area contributed by atoms with Crippen LogP contribution in [0.15, 0.2) is 36.7 Å². The van der Waals surface area contributed by atoms with E-state index in [1.165, 1.54) is 27.5 Å². The molecular weight excluding hydrogens is 286 g/mol. The molecule has 2 N–H and O–H groups in total. The average molecular weight is 307 g/mol. The van der Waals surface area contributed by atoms with Crippen LogP contribution in [-0.2, 0) is 0 Å². The maximum atomic E-state index is 4.29. The van der Waals surface area contributed by atoms with Gasteiger partial charge in [0.25, 0.3) is 0 Å². The smallest absolute Gasteiger partial charge is 0.0736 e. The van der Waals surface area contributed by atoms with Gasteiger partial charge in [-0.25, -0.2) is 0 Å².